The number of carboxylic acids is 1. The van der Waals surface area contributed by atoms with E-state index >= 15 is 0 Å². The molecule has 5 aromatic carbocycles. The van der Waals surface area contributed by atoms with Crippen LogP contribution in [0.25, 0.3) is 0 Å². The molecule has 0 aliphatic heterocycles. The molecule has 0 radical (unpaired) electrons. The number of unbranched alkanes of at least 4 members (excludes halogenated alkanes) is 9. The Labute approximate surface area is 480 Å². The molecule has 0 unspecified atom stereocenters. The number of carbonyl (C=O) groups is 6. The number of carboxylic acid groups (broad SMARTS) is 1. The van der Waals surface area contributed by atoms with Crippen LogP contribution in [0, 0.1) is 23.3 Å². The van der Waals surface area contributed by atoms with Gasteiger partial charge >= 0.3 is 35.8 Å². The van der Waals surface area contributed by atoms with E-state index in [-0.39, 0.29) is 37.5 Å². The molecule has 3 N–H and O–H groups in total. The maximum absolute atomic E-state index is 14.8. The fourth-order valence-electron chi connectivity index (χ4n) is 6.52. The minimum atomic E-state index is -1.11. The van der Waals surface area contributed by atoms with Crippen molar-refractivity contribution in [1.82, 2.24) is 0 Å². The standard InChI is InChI=1S/C38H40F2O10.C16H20O5.C6H4F2O2.2CH4/c1-3-35(41)47-23-11-7-5-9-21-45-29-17-13-27(14-18-29)37(43)49-33-25-32(40)34(26-31(33)39)50-38(44)28-15-19-30(20-16-28)46-22-10-6-8-12-24-48-36(42)4-2;1-2-15(17)21-12-6-4-3-5-11-20-14-9-7-13(8-10-14)16(18)19;7-3-1-5(9)4(8)2-6(3)10;;/h3-4,13-20,25-26H,1-2,5-12,21-24H2;2,7-10H,1,3-6,11-12H2,(H,18,19);1-2,9-10H;2*1H4. The normalized spacial score (nSPS) is 9.98. The number of phenolic OH excluding ortho intramolecular Hbond substituents is 2. The molecule has 0 saturated heterocycles. The average molecular weight is 1170 g/mol. The van der Waals surface area contributed by atoms with E-state index in [1.807, 2.05) is 0 Å². The summed E-state index contributed by atoms with van der Waals surface area (Å²) in [6.45, 7) is 12.6. The molecule has 0 saturated carbocycles. The van der Waals surface area contributed by atoms with Gasteiger partial charge in [0.2, 0.25) is 0 Å². The fourth-order valence-corrected chi connectivity index (χ4v) is 6.52. The molecule has 0 aliphatic rings. The molecular formula is C62H72F4O17. The van der Waals surface area contributed by atoms with Crippen LogP contribution in [0.2, 0.25) is 0 Å². The molecule has 0 aromatic heterocycles. The summed E-state index contributed by atoms with van der Waals surface area (Å²) in [7, 11) is 0. The third kappa shape index (κ3) is 29.2. The van der Waals surface area contributed by atoms with Crippen LogP contribution in [-0.4, -0.2) is 90.8 Å². The lowest BCUT2D eigenvalue weighted by Crippen LogP contribution is -2.12. The van der Waals surface area contributed by atoms with E-state index in [9.17, 15) is 46.3 Å². The number of hydrogen-bond donors (Lipinski definition) is 3. The second-order valence-electron chi connectivity index (χ2n) is 17.0. The first-order chi connectivity index (χ1) is 38.9. The first-order valence-corrected chi connectivity index (χ1v) is 25.5. The summed E-state index contributed by atoms with van der Waals surface area (Å²) in [5.74, 6) is -9.64. The summed E-state index contributed by atoms with van der Waals surface area (Å²) in [5, 5.41) is 25.8. The molecule has 17 nitrogen and oxygen atoms in total. The molecule has 0 heterocycles. The predicted molar refractivity (Wildman–Crippen MR) is 301 cm³/mol. The van der Waals surface area contributed by atoms with Gasteiger partial charge in [0.15, 0.2) is 46.3 Å². The molecule has 0 aliphatic carbocycles. The maximum Gasteiger partial charge on any atom is 0.343 e. The summed E-state index contributed by atoms with van der Waals surface area (Å²) in [6, 6.07) is 20.6. The number of rotatable bonds is 32. The van der Waals surface area contributed by atoms with Crippen molar-refractivity contribution in [2.45, 2.75) is 91.9 Å². The van der Waals surface area contributed by atoms with Gasteiger partial charge in [-0.05, 0) is 150 Å². The number of aromatic carboxylic acids is 1. The number of benzene rings is 5. The molecule has 83 heavy (non-hydrogen) atoms. The Kier molecular flexibility index (Phi) is 35.5. The van der Waals surface area contributed by atoms with Crippen LogP contribution in [0.4, 0.5) is 17.6 Å². The van der Waals surface area contributed by atoms with Crippen LogP contribution in [0.15, 0.2) is 135 Å². The van der Waals surface area contributed by atoms with Gasteiger partial charge in [-0.1, -0.05) is 34.6 Å². The van der Waals surface area contributed by atoms with Crippen molar-refractivity contribution in [3.63, 3.8) is 0 Å². The summed E-state index contributed by atoms with van der Waals surface area (Å²) in [6.07, 6.45) is 13.6. The molecule has 450 valence electrons. The van der Waals surface area contributed by atoms with Crippen LogP contribution < -0.4 is 23.7 Å². The lowest BCUT2D eigenvalue weighted by molar-refractivity contribution is -0.138. The van der Waals surface area contributed by atoms with Gasteiger partial charge in [-0.25, -0.2) is 46.3 Å². The molecule has 5 rings (SSSR count). The summed E-state index contributed by atoms with van der Waals surface area (Å²) >= 11 is 0. The van der Waals surface area contributed by atoms with Crippen LogP contribution in [0.3, 0.4) is 0 Å². The van der Waals surface area contributed by atoms with E-state index < -0.39 is 76.1 Å². The van der Waals surface area contributed by atoms with E-state index in [4.69, 9.17) is 53.2 Å². The molecule has 21 heteroatoms. The zero-order valence-electron chi connectivity index (χ0n) is 44.4. The van der Waals surface area contributed by atoms with Gasteiger partial charge in [0.25, 0.3) is 0 Å². The van der Waals surface area contributed by atoms with Gasteiger partial charge in [-0.2, -0.15) is 0 Å². The van der Waals surface area contributed by atoms with Crippen LogP contribution in [0.5, 0.6) is 40.2 Å². The van der Waals surface area contributed by atoms with Crippen molar-refractivity contribution in [2.24, 2.45) is 0 Å². The highest BCUT2D eigenvalue weighted by atomic mass is 19.1. The van der Waals surface area contributed by atoms with Gasteiger partial charge in [-0.15, -0.1) is 0 Å². The van der Waals surface area contributed by atoms with Crippen molar-refractivity contribution < 1.29 is 99.5 Å². The Bertz CT molecular complexity index is 2650. The summed E-state index contributed by atoms with van der Waals surface area (Å²) in [5.41, 5.74) is 0.409. The van der Waals surface area contributed by atoms with Gasteiger partial charge in [0.05, 0.1) is 56.3 Å². The molecule has 0 bridgehead atoms. The smallest absolute Gasteiger partial charge is 0.343 e. The Morgan fingerprint density at radius 3 is 0.916 bits per heavy atom. The van der Waals surface area contributed by atoms with E-state index in [2.05, 4.69) is 19.7 Å². The van der Waals surface area contributed by atoms with Crippen molar-refractivity contribution in [3.05, 3.63) is 175 Å². The van der Waals surface area contributed by atoms with Crippen molar-refractivity contribution >= 4 is 35.8 Å². The van der Waals surface area contributed by atoms with Gasteiger partial charge in [0, 0.05) is 42.5 Å². The van der Waals surface area contributed by atoms with E-state index in [1.165, 1.54) is 36.4 Å². The van der Waals surface area contributed by atoms with Crippen LogP contribution in [0.1, 0.15) is 123 Å². The molecule has 0 fully saturated rings. The van der Waals surface area contributed by atoms with Crippen LogP contribution >= 0.6 is 0 Å². The first kappa shape index (κ1) is 71.9. The van der Waals surface area contributed by atoms with E-state index in [0.29, 0.717) is 81.2 Å². The lowest BCUT2D eigenvalue weighted by atomic mass is 10.2. The number of esters is 5. The Hall–Kier alpha value is -9.14. The van der Waals surface area contributed by atoms with Gasteiger partial charge < -0.3 is 53.2 Å². The minimum Gasteiger partial charge on any atom is -0.505 e. The monoisotopic (exact) mass is 1160 g/mol. The van der Waals surface area contributed by atoms with Crippen LogP contribution in [-0.2, 0) is 28.6 Å². The molecule has 0 spiro atoms. The number of aromatic hydroxyl groups is 2. The first-order valence-electron chi connectivity index (χ1n) is 25.5. The predicted octanol–water partition coefficient (Wildman–Crippen LogP) is 13.4. The fraction of sp³-hybridized carbons (Fsp3) is 0.323. The van der Waals surface area contributed by atoms with Gasteiger partial charge in [0.1, 0.15) is 17.2 Å². The minimum absolute atomic E-state index is 0. The largest absolute Gasteiger partial charge is 0.505 e. The molecule has 0 atom stereocenters. The quantitative estimate of drug-likeness (QED) is 0.00690. The van der Waals surface area contributed by atoms with Crippen molar-refractivity contribution in [3.8, 4) is 40.2 Å². The van der Waals surface area contributed by atoms with E-state index in [0.717, 1.165) is 95.3 Å². The highest BCUT2D eigenvalue weighted by Crippen LogP contribution is 2.29. The summed E-state index contributed by atoms with van der Waals surface area (Å²) in [4.78, 5) is 68.6. The Morgan fingerprint density at radius 2 is 0.651 bits per heavy atom. The number of ether oxygens (including phenoxy) is 8. The second-order valence-corrected chi connectivity index (χ2v) is 17.0. The van der Waals surface area contributed by atoms with Gasteiger partial charge in [-0.3, -0.25) is 0 Å². The topological polar surface area (TPSA) is 237 Å². The molecule has 0 amide bonds. The maximum atomic E-state index is 14.8. The molecule has 5 aromatic rings. The number of hydrogen-bond acceptors (Lipinski definition) is 16. The van der Waals surface area contributed by atoms with E-state index in [1.54, 1.807) is 36.4 Å². The van der Waals surface area contributed by atoms with Crippen molar-refractivity contribution in [1.29, 1.82) is 0 Å². The second kappa shape index (κ2) is 40.9. The third-order valence-corrected chi connectivity index (χ3v) is 10.8. The Balaban J connectivity index is 0.000000851. The summed E-state index contributed by atoms with van der Waals surface area (Å²) < 4.78 is 95.5. The lowest BCUT2D eigenvalue weighted by Gasteiger charge is -2.11. The number of phenols is 2. The van der Waals surface area contributed by atoms with Crippen molar-refractivity contribution in [2.75, 3.05) is 39.6 Å². The highest BCUT2D eigenvalue weighted by Gasteiger charge is 2.20. The zero-order valence-corrected chi connectivity index (χ0v) is 44.4. The molecular weight excluding hydrogens is 1090 g/mol. The Morgan fingerprint density at radius 1 is 0.386 bits per heavy atom. The SMILES string of the molecule is C.C.C=CC(=O)OCCCCCCOc1ccc(C(=O)O)cc1.C=CC(=O)OCCCCCCOc1ccc(C(=O)Oc2cc(F)c(OC(=O)c3ccc(OCCCCCCOC(=O)C=C)cc3)cc2F)cc1.Oc1cc(F)c(O)cc1F. The zero-order chi connectivity index (χ0) is 59.4. The number of halogens is 4. The average Bonchev–Trinajstić information content (AvgIpc) is 3.50. The third-order valence-electron chi connectivity index (χ3n) is 10.8. The highest BCUT2D eigenvalue weighted by molar-refractivity contribution is 5.92. The number of carbonyl (C=O) groups excluding carboxylic acids is 5.